The van der Waals surface area contributed by atoms with Gasteiger partial charge in [-0.15, -0.1) is 0 Å². The van der Waals surface area contributed by atoms with Crippen LogP contribution in [-0.2, 0) is 25.7 Å². The Morgan fingerprint density at radius 3 is 2.00 bits per heavy atom. The Morgan fingerprint density at radius 1 is 0.818 bits per heavy atom. The number of benzene rings is 3. The fourth-order valence-electron chi connectivity index (χ4n) is 3.95. The number of ketones is 1. The summed E-state index contributed by atoms with van der Waals surface area (Å²) in [5.74, 6) is -2.11. The minimum Gasteiger partial charge on any atom is -0.455 e. The maximum atomic E-state index is 12.4. The number of carbonyl (C=O) groups is 3. The van der Waals surface area contributed by atoms with Crippen molar-refractivity contribution in [1.29, 1.82) is 0 Å². The van der Waals surface area contributed by atoms with Crippen LogP contribution in [0.25, 0.3) is 11.1 Å². The molecule has 0 aromatic heterocycles. The van der Waals surface area contributed by atoms with Gasteiger partial charge in [0.1, 0.15) is 19.3 Å². The number of nitrogens with one attached hydrogen (secondary N) is 1. The van der Waals surface area contributed by atoms with Gasteiger partial charge in [0.25, 0.3) is 5.78 Å². The summed E-state index contributed by atoms with van der Waals surface area (Å²) in [4.78, 5) is 36.9. The Hall–Kier alpha value is -3.97. The molecule has 3 aromatic rings. The lowest BCUT2D eigenvalue weighted by Crippen LogP contribution is -2.49. The van der Waals surface area contributed by atoms with Gasteiger partial charge in [0.05, 0.1) is 0 Å². The molecule has 7 heteroatoms. The normalized spacial score (nSPS) is 12.9. The van der Waals surface area contributed by atoms with Crippen LogP contribution >= 0.6 is 0 Å². The molecule has 4 rings (SSSR count). The zero-order valence-electron chi connectivity index (χ0n) is 17.9. The number of Topliss-reactive ketones (excluding diaryl/α,β-unsaturated/α-hetero) is 1. The summed E-state index contributed by atoms with van der Waals surface area (Å²) < 4.78 is 10.5. The molecule has 0 unspecified atom stereocenters. The van der Waals surface area contributed by atoms with Gasteiger partial charge >= 0.3 is 12.1 Å². The van der Waals surface area contributed by atoms with E-state index in [2.05, 4.69) is 5.32 Å². The summed E-state index contributed by atoms with van der Waals surface area (Å²) in [6.45, 7) is -0.221. The molecule has 0 radical (unpaired) electrons. The van der Waals surface area contributed by atoms with Gasteiger partial charge in [-0.25, -0.2) is 9.59 Å². The van der Waals surface area contributed by atoms with E-state index in [0.717, 1.165) is 27.8 Å². The van der Waals surface area contributed by atoms with Gasteiger partial charge in [0, 0.05) is 12.5 Å². The van der Waals surface area contributed by atoms with Crippen molar-refractivity contribution in [2.24, 2.45) is 5.73 Å². The molecule has 0 saturated carbocycles. The number of alkyl carbamates (subject to hydrolysis) is 1. The van der Waals surface area contributed by atoms with E-state index in [1.54, 1.807) is 24.3 Å². The molecule has 1 aliphatic rings. The predicted octanol–water partition coefficient (Wildman–Crippen LogP) is 3.16. The lowest BCUT2D eigenvalue weighted by atomic mass is 9.98. The standard InChI is InChI=1S/C26H24N2O5/c27-14-23(24(29)25(30)32-15-17-8-2-1-3-9-17)28-26(31)33-16-22-20-12-6-4-10-18(20)19-11-5-7-13-21(19)22/h1-13,22-23H,14-16,27H2,(H,28,31)/t23-/m0/s1. The first-order valence-corrected chi connectivity index (χ1v) is 10.6. The smallest absolute Gasteiger partial charge is 0.407 e. The largest absolute Gasteiger partial charge is 0.455 e. The fourth-order valence-corrected chi connectivity index (χ4v) is 3.95. The fraction of sp³-hybridized carbons (Fsp3) is 0.192. The van der Waals surface area contributed by atoms with Gasteiger partial charge in [-0.05, 0) is 27.8 Å². The summed E-state index contributed by atoms with van der Waals surface area (Å²) in [6, 6.07) is 23.7. The lowest BCUT2D eigenvalue weighted by Gasteiger charge is -2.17. The molecule has 3 N–H and O–H groups in total. The Labute approximate surface area is 191 Å². The van der Waals surface area contributed by atoms with Gasteiger partial charge in [-0.2, -0.15) is 0 Å². The van der Waals surface area contributed by atoms with Crippen molar-refractivity contribution in [3.63, 3.8) is 0 Å². The second-order valence-corrected chi connectivity index (χ2v) is 7.68. The summed E-state index contributed by atoms with van der Waals surface area (Å²) in [5, 5.41) is 2.38. The Bertz CT molecular complexity index is 1120. The maximum Gasteiger partial charge on any atom is 0.407 e. The van der Waals surface area contributed by atoms with Gasteiger partial charge < -0.3 is 20.5 Å². The van der Waals surface area contributed by atoms with Crippen molar-refractivity contribution in [3.8, 4) is 11.1 Å². The Balaban J connectivity index is 1.34. The summed E-state index contributed by atoms with van der Waals surface area (Å²) in [6.07, 6.45) is -0.823. The summed E-state index contributed by atoms with van der Waals surface area (Å²) >= 11 is 0. The van der Waals surface area contributed by atoms with Crippen molar-refractivity contribution in [2.45, 2.75) is 18.6 Å². The molecule has 1 aliphatic carbocycles. The molecule has 0 heterocycles. The zero-order chi connectivity index (χ0) is 23.2. The first-order chi connectivity index (χ1) is 16.1. The monoisotopic (exact) mass is 444 g/mol. The maximum absolute atomic E-state index is 12.4. The van der Waals surface area contributed by atoms with Crippen LogP contribution in [-0.4, -0.2) is 37.0 Å². The second-order valence-electron chi connectivity index (χ2n) is 7.68. The Kier molecular flexibility index (Phi) is 6.80. The molecule has 0 fully saturated rings. The third-order valence-corrected chi connectivity index (χ3v) is 5.60. The predicted molar refractivity (Wildman–Crippen MR) is 122 cm³/mol. The van der Waals surface area contributed by atoms with Crippen molar-refractivity contribution < 1.29 is 23.9 Å². The molecule has 0 aliphatic heterocycles. The van der Waals surface area contributed by atoms with Crippen LogP contribution in [0.5, 0.6) is 0 Å². The van der Waals surface area contributed by atoms with E-state index in [0.29, 0.717) is 0 Å². The molecular formula is C26H24N2O5. The highest BCUT2D eigenvalue weighted by atomic mass is 16.6. The number of hydrogen-bond donors (Lipinski definition) is 2. The van der Waals surface area contributed by atoms with Gasteiger partial charge in [-0.3, -0.25) is 4.79 Å². The van der Waals surface area contributed by atoms with Crippen molar-refractivity contribution in [2.75, 3.05) is 13.2 Å². The van der Waals surface area contributed by atoms with Crippen LogP contribution in [0.4, 0.5) is 4.79 Å². The molecule has 33 heavy (non-hydrogen) atoms. The van der Waals surface area contributed by atoms with Gasteiger partial charge in [-0.1, -0.05) is 78.9 Å². The number of esters is 1. The van der Waals surface area contributed by atoms with E-state index in [4.69, 9.17) is 15.2 Å². The molecule has 0 bridgehead atoms. The van der Waals surface area contributed by atoms with Crippen LogP contribution in [0.2, 0.25) is 0 Å². The second kappa shape index (κ2) is 10.1. The molecule has 1 atom stereocenters. The highest BCUT2D eigenvalue weighted by Crippen LogP contribution is 2.44. The van der Waals surface area contributed by atoms with Crippen LogP contribution in [0.3, 0.4) is 0 Å². The van der Waals surface area contributed by atoms with E-state index in [9.17, 15) is 14.4 Å². The first-order valence-electron chi connectivity index (χ1n) is 10.6. The summed E-state index contributed by atoms with van der Waals surface area (Å²) in [5.41, 5.74) is 10.7. The number of ether oxygens (including phenoxy) is 2. The van der Waals surface area contributed by atoms with Crippen LogP contribution in [0, 0.1) is 0 Å². The van der Waals surface area contributed by atoms with E-state index in [-0.39, 0.29) is 25.7 Å². The SMILES string of the molecule is NC[C@H](NC(=O)OCC1c2ccccc2-c2ccccc21)C(=O)C(=O)OCc1ccccc1. The average Bonchev–Trinajstić information content (AvgIpc) is 3.18. The average molecular weight is 444 g/mol. The van der Waals surface area contributed by atoms with Crippen molar-refractivity contribution >= 4 is 17.8 Å². The van der Waals surface area contributed by atoms with E-state index in [1.165, 1.54) is 0 Å². The van der Waals surface area contributed by atoms with Gasteiger partial charge in [0.15, 0.2) is 0 Å². The van der Waals surface area contributed by atoms with Crippen molar-refractivity contribution in [1.82, 2.24) is 5.32 Å². The molecule has 168 valence electrons. The third-order valence-electron chi connectivity index (χ3n) is 5.60. The molecule has 7 nitrogen and oxygen atoms in total. The van der Waals surface area contributed by atoms with E-state index >= 15 is 0 Å². The highest BCUT2D eigenvalue weighted by Gasteiger charge is 2.31. The molecule has 0 saturated heterocycles. The van der Waals surface area contributed by atoms with Crippen LogP contribution < -0.4 is 11.1 Å². The quantitative estimate of drug-likeness (QED) is 0.408. The topological polar surface area (TPSA) is 108 Å². The number of hydrogen-bond acceptors (Lipinski definition) is 6. The van der Waals surface area contributed by atoms with Crippen LogP contribution in [0.15, 0.2) is 78.9 Å². The first kappa shape index (κ1) is 22.2. The van der Waals surface area contributed by atoms with Crippen LogP contribution in [0.1, 0.15) is 22.6 Å². The Morgan fingerprint density at radius 2 is 1.39 bits per heavy atom. The van der Waals surface area contributed by atoms with Gasteiger partial charge in [0.2, 0.25) is 0 Å². The number of carbonyl (C=O) groups excluding carboxylic acids is 3. The minimum absolute atomic E-state index is 0.0480. The van der Waals surface area contributed by atoms with E-state index < -0.39 is 23.9 Å². The third kappa shape index (κ3) is 4.94. The minimum atomic E-state index is -1.23. The molecule has 1 amide bonds. The van der Waals surface area contributed by atoms with Crippen molar-refractivity contribution in [3.05, 3.63) is 95.6 Å². The lowest BCUT2D eigenvalue weighted by molar-refractivity contribution is -0.155. The summed E-state index contributed by atoms with van der Waals surface area (Å²) in [7, 11) is 0. The number of amides is 1. The molecular weight excluding hydrogens is 420 g/mol. The molecule has 0 spiro atoms. The molecule has 3 aromatic carbocycles. The number of nitrogens with two attached hydrogens (primary N) is 1. The zero-order valence-corrected chi connectivity index (χ0v) is 17.9. The number of fused-ring (bicyclic) bond motifs is 3. The number of rotatable bonds is 8. The van der Waals surface area contributed by atoms with E-state index in [1.807, 2.05) is 54.6 Å². The highest BCUT2D eigenvalue weighted by molar-refractivity contribution is 6.36.